The molecule has 5 heteroatoms. The number of rotatable bonds is 3. The van der Waals surface area contributed by atoms with Crippen molar-refractivity contribution in [2.45, 2.75) is 51.5 Å². The van der Waals surface area contributed by atoms with Crippen LogP contribution in [0.2, 0.25) is 0 Å². The largest absolute Gasteiger partial charge is 0.353 e. The smallest absolute Gasteiger partial charge is 0.242 e. The number of nitrogens with two attached hydrogens (primary N) is 1. The van der Waals surface area contributed by atoms with Gasteiger partial charge in [-0.25, -0.2) is 0 Å². The lowest BCUT2D eigenvalue weighted by atomic mass is 9.71. The second kappa shape index (κ2) is 5.90. The Balaban J connectivity index is 2.00. The Bertz CT molecular complexity index is 351. The molecule has 0 aromatic heterocycles. The Kier molecular flexibility index (Phi) is 4.45. The van der Waals surface area contributed by atoms with Gasteiger partial charge in [-0.05, 0) is 31.7 Å². The molecule has 5 nitrogen and oxygen atoms in total. The van der Waals surface area contributed by atoms with Gasteiger partial charge in [-0.2, -0.15) is 0 Å². The van der Waals surface area contributed by atoms with Gasteiger partial charge in [0.25, 0.3) is 0 Å². The van der Waals surface area contributed by atoms with Gasteiger partial charge in [-0.3, -0.25) is 9.59 Å². The summed E-state index contributed by atoms with van der Waals surface area (Å²) >= 11 is 0. The standard InChI is InChI=1S/C14H25N3O2/c1-11-13(19)16-7-8-17(11)12(18)9-14(10-15)5-3-2-4-6-14/h11H,2-10,15H2,1H3,(H,16,19). The molecule has 0 aromatic carbocycles. The van der Waals surface area contributed by atoms with Crippen molar-refractivity contribution in [2.75, 3.05) is 19.6 Å². The Morgan fingerprint density at radius 2 is 2.11 bits per heavy atom. The second-order valence-electron chi connectivity index (χ2n) is 6.00. The molecule has 1 aliphatic heterocycles. The van der Waals surface area contributed by atoms with E-state index in [1.54, 1.807) is 11.8 Å². The minimum absolute atomic E-state index is 0.0248. The lowest BCUT2D eigenvalue weighted by Gasteiger charge is -2.39. The van der Waals surface area contributed by atoms with Crippen LogP contribution in [0, 0.1) is 5.41 Å². The fourth-order valence-electron chi connectivity index (χ4n) is 3.30. The molecule has 19 heavy (non-hydrogen) atoms. The van der Waals surface area contributed by atoms with E-state index in [9.17, 15) is 9.59 Å². The van der Waals surface area contributed by atoms with Gasteiger partial charge in [-0.15, -0.1) is 0 Å². The molecule has 1 saturated heterocycles. The van der Waals surface area contributed by atoms with Crippen LogP contribution in [0.15, 0.2) is 0 Å². The van der Waals surface area contributed by atoms with E-state index in [4.69, 9.17) is 5.73 Å². The van der Waals surface area contributed by atoms with Crippen molar-refractivity contribution in [1.29, 1.82) is 0 Å². The molecule has 1 heterocycles. The van der Waals surface area contributed by atoms with Gasteiger partial charge in [0.15, 0.2) is 0 Å². The van der Waals surface area contributed by atoms with Gasteiger partial charge in [0, 0.05) is 19.5 Å². The molecular weight excluding hydrogens is 242 g/mol. The van der Waals surface area contributed by atoms with Crippen molar-refractivity contribution < 1.29 is 9.59 Å². The van der Waals surface area contributed by atoms with Gasteiger partial charge in [0.2, 0.25) is 11.8 Å². The first-order valence-corrected chi connectivity index (χ1v) is 7.35. The molecular formula is C14H25N3O2. The summed E-state index contributed by atoms with van der Waals surface area (Å²) in [6, 6.07) is -0.348. The first-order valence-electron chi connectivity index (χ1n) is 7.35. The number of nitrogens with one attached hydrogen (secondary N) is 1. The van der Waals surface area contributed by atoms with Crippen molar-refractivity contribution >= 4 is 11.8 Å². The molecule has 108 valence electrons. The summed E-state index contributed by atoms with van der Waals surface area (Å²) in [5, 5.41) is 2.79. The summed E-state index contributed by atoms with van der Waals surface area (Å²) in [5.41, 5.74) is 5.90. The van der Waals surface area contributed by atoms with Gasteiger partial charge < -0.3 is 16.0 Å². The van der Waals surface area contributed by atoms with Crippen LogP contribution in [0.4, 0.5) is 0 Å². The topological polar surface area (TPSA) is 75.4 Å². The van der Waals surface area contributed by atoms with Crippen molar-refractivity contribution in [2.24, 2.45) is 11.1 Å². The van der Waals surface area contributed by atoms with E-state index in [-0.39, 0.29) is 23.3 Å². The molecule has 1 saturated carbocycles. The molecule has 1 atom stereocenters. The number of piperazine rings is 1. The molecule has 2 aliphatic rings. The number of carbonyl (C=O) groups is 2. The van der Waals surface area contributed by atoms with Crippen LogP contribution < -0.4 is 11.1 Å². The number of carbonyl (C=O) groups excluding carboxylic acids is 2. The summed E-state index contributed by atoms with van der Waals surface area (Å²) in [5.74, 6) is 0.0414. The Hall–Kier alpha value is -1.10. The highest BCUT2D eigenvalue weighted by molar-refractivity contribution is 5.88. The van der Waals surface area contributed by atoms with Crippen molar-refractivity contribution in [1.82, 2.24) is 10.2 Å². The Morgan fingerprint density at radius 3 is 2.74 bits per heavy atom. The first kappa shape index (κ1) is 14.3. The van der Waals surface area contributed by atoms with Crippen molar-refractivity contribution in [3.05, 3.63) is 0 Å². The van der Waals surface area contributed by atoms with Gasteiger partial charge in [-0.1, -0.05) is 19.3 Å². The van der Waals surface area contributed by atoms with Crippen LogP contribution in [-0.4, -0.2) is 42.4 Å². The van der Waals surface area contributed by atoms with E-state index in [0.29, 0.717) is 26.1 Å². The lowest BCUT2D eigenvalue weighted by Crippen LogP contribution is -2.56. The summed E-state index contributed by atoms with van der Waals surface area (Å²) < 4.78 is 0. The first-order chi connectivity index (χ1) is 9.08. The van der Waals surface area contributed by atoms with E-state index in [1.165, 1.54) is 19.3 Å². The van der Waals surface area contributed by atoms with Gasteiger partial charge in [0.1, 0.15) is 6.04 Å². The molecule has 3 N–H and O–H groups in total. The zero-order valence-electron chi connectivity index (χ0n) is 11.8. The van der Waals surface area contributed by atoms with Crippen LogP contribution >= 0.6 is 0 Å². The van der Waals surface area contributed by atoms with Crippen LogP contribution in [0.25, 0.3) is 0 Å². The van der Waals surface area contributed by atoms with Gasteiger partial charge in [0.05, 0.1) is 0 Å². The summed E-state index contributed by atoms with van der Waals surface area (Å²) in [4.78, 5) is 25.8. The van der Waals surface area contributed by atoms with Crippen molar-refractivity contribution in [3.8, 4) is 0 Å². The number of hydrogen-bond donors (Lipinski definition) is 2. The molecule has 0 aromatic rings. The fraction of sp³-hybridized carbons (Fsp3) is 0.857. The van der Waals surface area contributed by atoms with E-state index >= 15 is 0 Å². The van der Waals surface area contributed by atoms with Crippen LogP contribution in [0.1, 0.15) is 45.4 Å². The maximum Gasteiger partial charge on any atom is 0.242 e. The second-order valence-corrected chi connectivity index (χ2v) is 6.00. The lowest BCUT2D eigenvalue weighted by molar-refractivity contribution is -0.144. The van der Waals surface area contributed by atoms with Crippen LogP contribution in [-0.2, 0) is 9.59 Å². The van der Waals surface area contributed by atoms with E-state index < -0.39 is 0 Å². The predicted octanol–water partition coefficient (Wildman–Crippen LogP) is 0.633. The van der Waals surface area contributed by atoms with Crippen LogP contribution in [0.5, 0.6) is 0 Å². The number of hydrogen-bond acceptors (Lipinski definition) is 3. The zero-order valence-corrected chi connectivity index (χ0v) is 11.8. The molecule has 1 aliphatic carbocycles. The highest BCUT2D eigenvalue weighted by Crippen LogP contribution is 2.38. The highest BCUT2D eigenvalue weighted by atomic mass is 16.2. The third kappa shape index (κ3) is 3.08. The zero-order chi connectivity index (χ0) is 13.9. The third-order valence-electron chi connectivity index (χ3n) is 4.69. The minimum Gasteiger partial charge on any atom is -0.353 e. The molecule has 0 spiro atoms. The van der Waals surface area contributed by atoms with Crippen molar-refractivity contribution in [3.63, 3.8) is 0 Å². The maximum absolute atomic E-state index is 12.5. The molecule has 1 unspecified atom stereocenters. The quantitative estimate of drug-likeness (QED) is 0.787. The van der Waals surface area contributed by atoms with E-state index in [0.717, 1.165) is 12.8 Å². The summed E-state index contributed by atoms with van der Waals surface area (Å²) in [6.45, 7) is 3.55. The Labute approximate surface area is 114 Å². The van der Waals surface area contributed by atoms with E-state index in [1.807, 2.05) is 0 Å². The normalized spacial score (nSPS) is 26.9. The molecule has 0 bridgehead atoms. The average molecular weight is 267 g/mol. The number of nitrogens with zero attached hydrogens (tertiary/aromatic N) is 1. The van der Waals surface area contributed by atoms with Crippen LogP contribution in [0.3, 0.4) is 0 Å². The summed E-state index contributed by atoms with van der Waals surface area (Å²) in [7, 11) is 0. The highest BCUT2D eigenvalue weighted by Gasteiger charge is 2.37. The monoisotopic (exact) mass is 267 g/mol. The SMILES string of the molecule is CC1C(=O)NCCN1C(=O)CC1(CN)CCCCC1. The third-order valence-corrected chi connectivity index (χ3v) is 4.69. The minimum atomic E-state index is -0.348. The molecule has 2 fully saturated rings. The van der Waals surface area contributed by atoms with E-state index in [2.05, 4.69) is 5.32 Å². The fourth-order valence-corrected chi connectivity index (χ4v) is 3.30. The molecule has 2 amide bonds. The number of amides is 2. The molecule has 0 radical (unpaired) electrons. The summed E-state index contributed by atoms with van der Waals surface area (Å²) in [6.07, 6.45) is 6.17. The Morgan fingerprint density at radius 1 is 1.42 bits per heavy atom. The predicted molar refractivity (Wildman–Crippen MR) is 73.4 cm³/mol. The maximum atomic E-state index is 12.5. The van der Waals surface area contributed by atoms with Gasteiger partial charge >= 0.3 is 0 Å². The average Bonchev–Trinajstić information content (AvgIpc) is 2.42. The molecule has 2 rings (SSSR count).